The number of nitrogens with zero attached hydrogens (tertiary/aromatic N) is 3. The number of amides is 1. The van der Waals surface area contributed by atoms with Gasteiger partial charge in [-0.2, -0.15) is 0 Å². The van der Waals surface area contributed by atoms with Gasteiger partial charge in [0.1, 0.15) is 15.9 Å². The molecule has 0 bridgehead atoms. The van der Waals surface area contributed by atoms with Gasteiger partial charge in [-0.15, -0.1) is 5.69 Å². The predicted octanol–water partition coefficient (Wildman–Crippen LogP) is 6.15. The number of nitro groups is 1. The molecule has 0 spiro atoms. The van der Waals surface area contributed by atoms with Crippen molar-refractivity contribution in [2.45, 2.75) is 0 Å². The van der Waals surface area contributed by atoms with Gasteiger partial charge in [-0.3, -0.25) is 15.1 Å². The number of carbonyl (C=O) groups is 1. The average molecular weight is 741 g/mol. The summed E-state index contributed by atoms with van der Waals surface area (Å²) < 4.78 is 0. The van der Waals surface area contributed by atoms with E-state index in [1.165, 1.54) is 34.1 Å². The number of benzene rings is 5. The second kappa shape index (κ2) is 14.4. The Morgan fingerprint density at radius 2 is 1.15 bits per heavy atom. The first kappa shape index (κ1) is 29.8. The van der Waals surface area contributed by atoms with Crippen LogP contribution in [-0.4, -0.2) is 23.1 Å². The number of carbonyl (C=O) groups excluding carboxylic acids is 1. The van der Waals surface area contributed by atoms with E-state index in [-0.39, 0.29) is 40.5 Å². The normalized spacial score (nSPS) is 11.9. The summed E-state index contributed by atoms with van der Waals surface area (Å²) in [7, 11) is -0.877. The van der Waals surface area contributed by atoms with Gasteiger partial charge >= 0.3 is 22.4 Å². The average Bonchev–Trinajstić information content (AvgIpc) is 3.17. The Labute approximate surface area is 255 Å². The Kier molecular flexibility index (Phi) is 10.5. The number of aliphatic imine (C=N–C) groups is 1. The fraction of sp³-hybridized carbons (Fsp3) is 0.0303. The van der Waals surface area contributed by atoms with Crippen molar-refractivity contribution in [1.29, 1.82) is 0 Å². The van der Waals surface area contributed by atoms with Crippen LogP contribution in [0.4, 0.5) is 11.4 Å². The molecule has 0 radical (unpaired) electrons. The molecule has 5 aromatic carbocycles. The molecule has 1 aliphatic rings. The zero-order valence-corrected chi connectivity index (χ0v) is 25.0. The van der Waals surface area contributed by atoms with Crippen LogP contribution >= 0.6 is 7.92 Å². The summed E-state index contributed by atoms with van der Waals surface area (Å²) in [6, 6.07) is 46.0. The summed E-state index contributed by atoms with van der Waals surface area (Å²) in [5, 5.41) is 19.2. The quantitative estimate of drug-likeness (QED) is 0.0938. The molecule has 6 rings (SSSR count). The van der Waals surface area contributed by atoms with Crippen molar-refractivity contribution in [3.8, 4) is 0 Å². The number of fused-ring (bicyclic) bond motifs is 1. The number of rotatable bonds is 5. The Morgan fingerprint density at radius 3 is 1.61 bits per heavy atom. The van der Waals surface area contributed by atoms with E-state index < -0.39 is 12.8 Å². The molecule has 0 aromatic heterocycles. The van der Waals surface area contributed by atoms with Crippen molar-refractivity contribution in [2.24, 2.45) is 4.99 Å². The fourth-order valence-corrected chi connectivity index (χ4v) is 7.06. The van der Waals surface area contributed by atoms with Gasteiger partial charge in [0, 0.05) is 17.7 Å². The van der Waals surface area contributed by atoms with E-state index in [4.69, 9.17) is 0 Å². The number of benzodiazepines with no additional fused rings is 1. The van der Waals surface area contributed by atoms with Crippen molar-refractivity contribution in [3.63, 3.8) is 0 Å². The minimum Gasteiger partial charge on any atom is -0.625 e. The SMILES string of the molecule is O=C1CN=C(c2ccccc2)c2cc([N+](=O)[O-])ccc2[N-]1.[Au+].c1ccc([PH+](c2ccccc2)c2ccccc2)cc1. The number of nitro benzene ring substituents is 1. The molecule has 6 nitrogen and oxygen atoms in total. The summed E-state index contributed by atoms with van der Waals surface area (Å²) >= 11 is 0. The predicted molar refractivity (Wildman–Crippen MR) is 165 cm³/mol. The molecule has 0 atom stereocenters. The Hall–Kier alpha value is -4.19. The molecule has 0 aliphatic carbocycles. The van der Waals surface area contributed by atoms with E-state index in [2.05, 4.69) is 101 Å². The number of hydrogen-bond acceptors (Lipinski definition) is 4. The third kappa shape index (κ3) is 7.51. The van der Waals surface area contributed by atoms with Gasteiger partial charge in [-0.05, 0) is 42.0 Å². The molecular weight excluding hydrogens is 714 g/mol. The maximum Gasteiger partial charge on any atom is 1.00 e. The molecule has 5 aromatic rings. The zero-order chi connectivity index (χ0) is 27.7. The minimum absolute atomic E-state index is 0. The summed E-state index contributed by atoms with van der Waals surface area (Å²) in [4.78, 5) is 26.4. The fourth-order valence-electron chi connectivity index (χ4n) is 4.48. The summed E-state index contributed by atoms with van der Waals surface area (Å²) in [5.74, 6) is -0.365. The van der Waals surface area contributed by atoms with Crippen LogP contribution in [0.15, 0.2) is 145 Å². The van der Waals surface area contributed by atoms with Crippen molar-refractivity contribution in [2.75, 3.05) is 6.54 Å². The van der Waals surface area contributed by atoms with Crippen LogP contribution in [0.25, 0.3) is 5.32 Å². The second-order valence-electron chi connectivity index (χ2n) is 8.97. The molecule has 0 N–H and O–H groups in total. The molecule has 1 amide bonds. The molecular formula is C33H26AuN3O3P+. The monoisotopic (exact) mass is 740 g/mol. The molecule has 41 heavy (non-hydrogen) atoms. The first-order chi connectivity index (χ1) is 19.6. The van der Waals surface area contributed by atoms with Crippen LogP contribution in [0.5, 0.6) is 0 Å². The zero-order valence-electron chi connectivity index (χ0n) is 21.9. The summed E-state index contributed by atoms with van der Waals surface area (Å²) in [6.45, 7) is -0.0628. The van der Waals surface area contributed by atoms with Crippen molar-refractivity contribution in [3.05, 3.63) is 166 Å². The van der Waals surface area contributed by atoms with Gasteiger partial charge in [0.15, 0.2) is 0 Å². The maximum absolute atomic E-state index is 11.6. The van der Waals surface area contributed by atoms with E-state index in [0.29, 0.717) is 17.0 Å². The first-order valence-corrected chi connectivity index (χ1v) is 14.3. The smallest absolute Gasteiger partial charge is 0.625 e. The standard InChI is InChI=1S/C18H15P.C15H11N3O3.Au/c1-4-10-16(11-5-1)19(17-12-6-2-7-13-17)18-14-8-3-9-15-18;19-14-9-16-15(10-4-2-1-3-5-10)12-8-11(18(20)21)6-7-13(12)17-14;/h1-15H;1-8H,9H2,(H,16,17,19);/q;;+1. The molecule has 0 fully saturated rings. The molecule has 0 saturated heterocycles. The van der Waals surface area contributed by atoms with Crippen LogP contribution in [0.3, 0.4) is 0 Å². The van der Waals surface area contributed by atoms with Crippen LogP contribution in [0.1, 0.15) is 11.1 Å². The Bertz CT molecular complexity index is 1540. The molecule has 1 heterocycles. The van der Waals surface area contributed by atoms with Gasteiger partial charge in [-0.1, -0.05) is 91.0 Å². The third-order valence-corrected chi connectivity index (χ3v) is 9.03. The van der Waals surface area contributed by atoms with E-state index in [9.17, 15) is 14.9 Å². The molecule has 8 heteroatoms. The number of non-ortho nitro benzene ring substituents is 1. The second-order valence-corrected chi connectivity index (χ2v) is 11.5. The molecule has 0 saturated carbocycles. The first-order valence-electron chi connectivity index (χ1n) is 12.8. The number of hydrogen-bond donors (Lipinski definition) is 0. The van der Waals surface area contributed by atoms with E-state index >= 15 is 0 Å². The Balaban J connectivity index is 0.000000185. The van der Waals surface area contributed by atoms with Gasteiger partial charge in [0.2, 0.25) is 0 Å². The summed E-state index contributed by atoms with van der Waals surface area (Å²) in [5.41, 5.74) is 2.20. The minimum atomic E-state index is -0.877. The van der Waals surface area contributed by atoms with Crippen LogP contribution in [-0.2, 0) is 27.2 Å². The van der Waals surface area contributed by atoms with Gasteiger partial charge in [0.25, 0.3) is 5.69 Å². The maximum atomic E-state index is 11.6. The topological polar surface area (TPSA) is 86.7 Å². The van der Waals surface area contributed by atoms with Crippen molar-refractivity contribution >= 4 is 46.8 Å². The van der Waals surface area contributed by atoms with Gasteiger partial charge in [0.05, 0.1) is 31.0 Å². The van der Waals surface area contributed by atoms with Crippen molar-refractivity contribution < 1.29 is 32.1 Å². The van der Waals surface area contributed by atoms with Crippen molar-refractivity contribution in [1.82, 2.24) is 0 Å². The van der Waals surface area contributed by atoms with Gasteiger partial charge in [-0.25, -0.2) is 0 Å². The van der Waals surface area contributed by atoms with Crippen LogP contribution in [0, 0.1) is 10.1 Å². The third-order valence-electron chi connectivity index (χ3n) is 6.30. The molecule has 1 aliphatic heterocycles. The largest absolute Gasteiger partial charge is 1.00 e. The van der Waals surface area contributed by atoms with E-state index in [1.807, 2.05) is 30.3 Å². The van der Waals surface area contributed by atoms with E-state index in [1.54, 1.807) is 0 Å². The molecule has 206 valence electrons. The summed E-state index contributed by atoms with van der Waals surface area (Å²) in [6.07, 6.45) is 0. The van der Waals surface area contributed by atoms with E-state index in [0.717, 1.165) is 5.56 Å². The van der Waals surface area contributed by atoms with Gasteiger partial charge < -0.3 is 10.1 Å². The molecule has 0 unspecified atom stereocenters. The Morgan fingerprint density at radius 1 is 0.683 bits per heavy atom. The van der Waals surface area contributed by atoms with Crippen LogP contribution < -0.4 is 15.9 Å². The van der Waals surface area contributed by atoms with Crippen LogP contribution in [0.2, 0.25) is 0 Å².